The Kier molecular flexibility index (Phi) is 11.1. The van der Waals surface area contributed by atoms with Crippen LogP contribution in [0.25, 0.3) is 0 Å². The number of Topliss-reactive ketones (excluding diaryl/α,β-unsaturated/α-hetero) is 2. The van der Waals surface area contributed by atoms with Crippen LogP contribution in [0.3, 0.4) is 0 Å². The summed E-state index contributed by atoms with van der Waals surface area (Å²) in [7, 11) is 0. The van der Waals surface area contributed by atoms with E-state index in [0.717, 1.165) is 9.79 Å². The molecule has 11 heteroatoms. The highest BCUT2D eigenvalue weighted by molar-refractivity contribution is 7.99. The van der Waals surface area contributed by atoms with Crippen LogP contribution in [0.2, 0.25) is 0 Å². The molecule has 1 saturated heterocycles. The third-order valence-corrected chi connectivity index (χ3v) is 7.49. The Hall–Kier alpha value is -3.85. The third kappa shape index (κ3) is 8.58. The Morgan fingerprint density at radius 3 is 2.08 bits per heavy atom. The fraction of sp³-hybridized carbons (Fsp3) is 0.379. The monoisotopic (exact) mass is 565 g/mol. The van der Waals surface area contributed by atoms with Crippen LogP contribution < -0.4 is 0 Å². The van der Waals surface area contributed by atoms with Gasteiger partial charge in [-0.25, -0.2) is 4.79 Å². The van der Waals surface area contributed by atoms with Crippen LogP contribution in [-0.4, -0.2) is 71.1 Å². The van der Waals surface area contributed by atoms with Crippen molar-refractivity contribution in [1.29, 1.82) is 5.26 Å². The highest BCUT2D eigenvalue weighted by atomic mass is 32.2. The molecule has 0 radical (unpaired) electrons. The van der Waals surface area contributed by atoms with Gasteiger partial charge in [-0.3, -0.25) is 19.3 Å². The molecule has 0 amide bonds. The quantitative estimate of drug-likeness (QED) is 0.0927. The molecular weight excluding hydrogens is 534 g/mol. The first-order valence-electron chi connectivity index (χ1n) is 12.8. The number of aliphatic carboxylic acids is 1. The summed E-state index contributed by atoms with van der Waals surface area (Å²) in [5, 5.41) is 20.9. The summed E-state index contributed by atoms with van der Waals surface area (Å²) >= 11 is 1.47. The van der Waals surface area contributed by atoms with Crippen LogP contribution in [0.4, 0.5) is 0 Å². The lowest BCUT2D eigenvalue weighted by atomic mass is 9.91. The topological polar surface area (TPSA) is 146 Å². The lowest BCUT2D eigenvalue weighted by molar-refractivity contribution is -0.137. The minimum atomic E-state index is -1.25. The molecular formula is C29H31N3O7S. The second-order valence-corrected chi connectivity index (χ2v) is 10.7. The zero-order chi connectivity index (χ0) is 29.1. The predicted molar refractivity (Wildman–Crippen MR) is 147 cm³/mol. The molecule has 0 unspecified atom stereocenters. The number of carbonyl (C=O) groups is 4. The SMILES string of the molecule is CC(C)(C(=O)c1ccc(Sc2ccc(C(=O)/C(CCCCC(=O)O)=N/OC(=O)C#N)cc2)cc1)N1CCOCC1. The molecule has 1 aliphatic heterocycles. The van der Waals surface area contributed by atoms with E-state index in [2.05, 4.69) is 14.9 Å². The highest BCUT2D eigenvalue weighted by Gasteiger charge is 2.35. The molecule has 0 aromatic heterocycles. The van der Waals surface area contributed by atoms with Gasteiger partial charge in [-0.05, 0) is 69.5 Å². The number of oxime groups is 1. The molecule has 10 nitrogen and oxygen atoms in total. The molecule has 0 aliphatic carbocycles. The van der Waals surface area contributed by atoms with E-state index in [-0.39, 0.29) is 24.3 Å². The van der Waals surface area contributed by atoms with Crippen LogP contribution in [0.1, 0.15) is 60.2 Å². The first-order chi connectivity index (χ1) is 19.1. The molecule has 3 rings (SSSR count). The second-order valence-electron chi connectivity index (χ2n) is 9.60. The van der Waals surface area contributed by atoms with Gasteiger partial charge in [-0.2, -0.15) is 5.26 Å². The minimum absolute atomic E-state index is 0.0506. The summed E-state index contributed by atoms with van der Waals surface area (Å²) in [5.74, 6) is -2.63. The molecule has 2 aromatic carbocycles. The number of carboxylic acid groups (broad SMARTS) is 1. The van der Waals surface area contributed by atoms with E-state index in [0.29, 0.717) is 50.3 Å². The van der Waals surface area contributed by atoms with Crippen molar-refractivity contribution in [3.05, 3.63) is 59.7 Å². The van der Waals surface area contributed by atoms with Crippen molar-refractivity contribution >= 4 is 41.0 Å². The van der Waals surface area contributed by atoms with E-state index < -0.39 is 23.3 Å². The Morgan fingerprint density at radius 2 is 1.52 bits per heavy atom. The van der Waals surface area contributed by atoms with E-state index in [1.807, 2.05) is 38.1 Å². The van der Waals surface area contributed by atoms with E-state index >= 15 is 0 Å². The number of hydrogen-bond donors (Lipinski definition) is 1. The molecule has 0 saturated carbocycles. The van der Waals surface area contributed by atoms with Gasteiger partial charge in [-0.15, -0.1) is 0 Å². The summed E-state index contributed by atoms with van der Waals surface area (Å²) in [6, 6.07) is 15.4. The average Bonchev–Trinajstić information content (AvgIpc) is 2.97. The average molecular weight is 566 g/mol. The second kappa shape index (κ2) is 14.5. The predicted octanol–water partition coefficient (Wildman–Crippen LogP) is 4.38. The fourth-order valence-corrected chi connectivity index (χ4v) is 4.97. The van der Waals surface area contributed by atoms with E-state index in [9.17, 15) is 19.2 Å². The van der Waals surface area contributed by atoms with Gasteiger partial charge in [0.05, 0.1) is 18.8 Å². The Bertz CT molecular complexity index is 1290. The maximum Gasteiger partial charge on any atom is 0.436 e. The maximum absolute atomic E-state index is 13.2. The lowest BCUT2D eigenvalue weighted by Crippen LogP contribution is -2.54. The van der Waals surface area contributed by atoms with Crippen LogP contribution in [0.15, 0.2) is 63.5 Å². The van der Waals surface area contributed by atoms with Crippen molar-refractivity contribution in [2.45, 2.75) is 54.9 Å². The number of benzene rings is 2. The van der Waals surface area contributed by atoms with E-state index in [1.54, 1.807) is 24.3 Å². The number of nitriles is 1. The van der Waals surface area contributed by atoms with Crippen LogP contribution in [0.5, 0.6) is 0 Å². The summed E-state index contributed by atoms with van der Waals surface area (Å²) < 4.78 is 5.41. The van der Waals surface area contributed by atoms with Gasteiger partial charge < -0.3 is 14.7 Å². The molecule has 210 valence electrons. The van der Waals surface area contributed by atoms with Crippen molar-refractivity contribution in [2.75, 3.05) is 26.3 Å². The van der Waals surface area contributed by atoms with Crippen molar-refractivity contribution < 1.29 is 33.9 Å². The first-order valence-corrected chi connectivity index (χ1v) is 13.6. The lowest BCUT2D eigenvalue weighted by Gasteiger charge is -2.39. The van der Waals surface area contributed by atoms with Gasteiger partial charge in [0.15, 0.2) is 11.9 Å². The van der Waals surface area contributed by atoms with Gasteiger partial charge in [0.2, 0.25) is 5.78 Å². The number of unbranched alkanes of at least 4 members (excludes halogenated alkanes) is 1. The number of hydrogen-bond acceptors (Lipinski definition) is 10. The van der Waals surface area contributed by atoms with Gasteiger partial charge in [-0.1, -0.05) is 29.1 Å². The van der Waals surface area contributed by atoms with Gasteiger partial charge in [0.25, 0.3) is 0 Å². The highest BCUT2D eigenvalue weighted by Crippen LogP contribution is 2.29. The summed E-state index contributed by atoms with van der Waals surface area (Å²) in [5.41, 5.74) is 0.232. The summed E-state index contributed by atoms with van der Waals surface area (Å²) in [6.07, 6.45) is 0.691. The fourth-order valence-electron chi connectivity index (χ4n) is 4.16. The third-order valence-electron chi connectivity index (χ3n) is 6.47. The zero-order valence-electron chi connectivity index (χ0n) is 22.4. The largest absolute Gasteiger partial charge is 0.481 e. The molecule has 0 bridgehead atoms. The van der Waals surface area contributed by atoms with Gasteiger partial charge >= 0.3 is 11.9 Å². The maximum atomic E-state index is 13.2. The molecule has 40 heavy (non-hydrogen) atoms. The van der Waals surface area contributed by atoms with Crippen LogP contribution in [-0.2, 0) is 19.2 Å². The van der Waals surface area contributed by atoms with Crippen molar-refractivity contribution in [3.63, 3.8) is 0 Å². The number of rotatable bonds is 13. The molecule has 1 heterocycles. The van der Waals surface area contributed by atoms with Gasteiger partial charge in [0.1, 0.15) is 5.71 Å². The van der Waals surface area contributed by atoms with Crippen LogP contribution in [0, 0.1) is 11.3 Å². The Balaban J connectivity index is 1.65. The number of ether oxygens (including phenoxy) is 1. The minimum Gasteiger partial charge on any atom is -0.481 e. The smallest absolute Gasteiger partial charge is 0.436 e. The van der Waals surface area contributed by atoms with Crippen molar-refractivity contribution in [1.82, 2.24) is 4.90 Å². The number of carboxylic acids is 1. The van der Waals surface area contributed by atoms with Gasteiger partial charge in [0, 0.05) is 40.4 Å². The molecule has 1 fully saturated rings. The Morgan fingerprint density at radius 1 is 0.975 bits per heavy atom. The summed E-state index contributed by atoms with van der Waals surface area (Å²) in [6.45, 7) is 6.54. The molecule has 0 spiro atoms. The van der Waals surface area contributed by atoms with Crippen LogP contribution >= 0.6 is 11.8 Å². The number of carbonyl (C=O) groups excluding carboxylic acids is 3. The Labute approximate surface area is 236 Å². The van der Waals surface area contributed by atoms with Crippen molar-refractivity contribution in [2.24, 2.45) is 5.16 Å². The number of morpholine rings is 1. The van der Waals surface area contributed by atoms with E-state index in [1.165, 1.54) is 17.8 Å². The van der Waals surface area contributed by atoms with E-state index in [4.69, 9.17) is 15.1 Å². The molecule has 0 atom stereocenters. The molecule has 2 aromatic rings. The molecule has 1 aliphatic rings. The number of ketones is 2. The first kappa shape index (κ1) is 30.7. The summed E-state index contributed by atoms with van der Waals surface area (Å²) in [4.78, 5) is 56.5. The standard InChI is InChI=1S/C29H31N3O7S/c1-29(2,32-15-17-38-18-16-32)28(37)21-9-13-23(14-10-21)40-22-11-7-20(8-12-22)27(36)24(31-39-26(35)19-30)5-3-4-6-25(33)34/h7-14H,3-6,15-18H2,1-2H3,(H,33,34)/b31-24+. The van der Waals surface area contributed by atoms with Crippen molar-refractivity contribution in [3.8, 4) is 6.07 Å². The normalized spacial score (nSPS) is 14.3. The zero-order valence-corrected chi connectivity index (χ0v) is 23.2. The number of nitrogens with zero attached hydrogens (tertiary/aromatic N) is 3. The molecule has 1 N–H and O–H groups in total.